The number of fused-ring (bicyclic) bond motifs is 1. The maximum Gasteiger partial charge on any atom is 0.131 e. The van der Waals surface area contributed by atoms with Gasteiger partial charge >= 0.3 is 0 Å². The number of para-hydroxylation sites is 1. The van der Waals surface area contributed by atoms with Gasteiger partial charge in [0.25, 0.3) is 0 Å². The molecule has 1 aliphatic heterocycles. The Hall–Kier alpha value is -2.16. The molecule has 0 spiro atoms. The lowest BCUT2D eigenvalue weighted by Crippen LogP contribution is -2.05. The lowest BCUT2D eigenvalue weighted by molar-refractivity contribution is 0.255. The van der Waals surface area contributed by atoms with Gasteiger partial charge in [-0.1, -0.05) is 18.2 Å². The van der Waals surface area contributed by atoms with Crippen LogP contribution in [0, 0.1) is 0 Å². The van der Waals surface area contributed by atoms with Crippen molar-refractivity contribution in [1.29, 1.82) is 0 Å². The van der Waals surface area contributed by atoms with Crippen molar-refractivity contribution < 1.29 is 14.2 Å². The highest BCUT2D eigenvalue weighted by Gasteiger charge is 2.25. The van der Waals surface area contributed by atoms with E-state index in [1.807, 2.05) is 30.3 Å². The summed E-state index contributed by atoms with van der Waals surface area (Å²) in [4.78, 5) is 0. The van der Waals surface area contributed by atoms with Crippen LogP contribution in [0.3, 0.4) is 0 Å². The highest BCUT2D eigenvalue weighted by atomic mass is 16.5. The summed E-state index contributed by atoms with van der Waals surface area (Å²) in [7, 11) is 3.37. The van der Waals surface area contributed by atoms with E-state index in [1.165, 1.54) is 5.56 Å². The second kappa shape index (κ2) is 5.08. The summed E-state index contributed by atoms with van der Waals surface area (Å²) < 4.78 is 16.9. The molecule has 3 heteroatoms. The molecule has 1 unspecified atom stereocenters. The minimum atomic E-state index is 0.200. The monoisotopic (exact) mass is 270 g/mol. The molecule has 0 aromatic heterocycles. The molecule has 104 valence electrons. The average molecular weight is 270 g/mol. The zero-order valence-electron chi connectivity index (χ0n) is 12.0. The van der Waals surface area contributed by atoms with Crippen LogP contribution in [0.15, 0.2) is 36.4 Å². The molecule has 2 aromatic carbocycles. The predicted octanol–water partition coefficient (Wildman–Crippen LogP) is 3.69. The molecule has 1 heterocycles. The van der Waals surface area contributed by atoms with Gasteiger partial charge in [0.15, 0.2) is 0 Å². The molecule has 0 radical (unpaired) electrons. The Balaban J connectivity index is 2.21. The molecule has 1 aliphatic rings. The van der Waals surface area contributed by atoms with Gasteiger partial charge in [0.05, 0.1) is 14.2 Å². The summed E-state index contributed by atoms with van der Waals surface area (Å²) in [6.45, 7) is 2.08. The zero-order chi connectivity index (χ0) is 14.1. The van der Waals surface area contributed by atoms with Crippen molar-refractivity contribution in [3.63, 3.8) is 0 Å². The largest absolute Gasteiger partial charge is 0.497 e. The SMILES string of the molecule is COc1cc2c(c(-c3ccccc3OC)c1)OC(C)C2. The van der Waals surface area contributed by atoms with Gasteiger partial charge in [0.2, 0.25) is 0 Å². The smallest absolute Gasteiger partial charge is 0.131 e. The van der Waals surface area contributed by atoms with Gasteiger partial charge in [0.1, 0.15) is 23.4 Å². The molecule has 0 bridgehead atoms. The third kappa shape index (κ3) is 2.09. The van der Waals surface area contributed by atoms with Crippen LogP contribution in [0.4, 0.5) is 0 Å². The fourth-order valence-corrected chi connectivity index (χ4v) is 2.69. The average Bonchev–Trinajstić information content (AvgIpc) is 2.86. The molecule has 0 saturated heterocycles. The molecule has 1 atom stereocenters. The van der Waals surface area contributed by atoms with Crippen molar-refractivity contribution >= 4 is 0 Å². The van der Waals surface area contributed by atoms with E-state index in [1.54, 1.807) is 14.2 Å². The van der Waals surface area contributed by atoms with Gasteiger partial charge in [0, 0.05) is 23.1 Å². The van der Waals surface area contributed by atoms with E-state index in [2.05, 4.69) is 13.0 Å². The Labute approximate surface area is 119 Å². The van der Waals surface area contributed by atoms with Crippen LogP contribution in [0.2, 0.25) is 0 Å². The fourth-order valence-electron chi connectivity index (χ4n) is 2.69. The molecular formula is C17H18O3. The predicted molar refractivity (Wildman–Crippen MR) is 78.8 cm³/mol. The maximum atomic E-state index is 5.98. The topological polar surface area (TPSA) is 27.7 Å². The van der Waals surface area contributed by atoms with E-state index >= 15 is 0 Å². The number of hydrogen-bond donors (Lipinski definition) is 0. The number of ether oxygens (including phenoxy) is 3. The molecular weight excluding hydrogens is 252 g/mol. The Bertz CT molecular complexity index is 634. The quantitative estimate of drug-likeness (QED) is 0.851. The van der Waals surface area contributed by atoms with Gasteiger partial charge in [-0.2, -0.15) is 0 Å². The summed E-state index contributed by atoms with van der Waals surface area (Å²) in [6.07, 6.45) is 1.11. The zero-order valence-corrected chi connectivity index (χ0v) is 12.0. The standard InChI is InChI=1S/C17H18O3/c1-11-8-12-9-13(18-2)10-15(17(12)20-11)14-6-4-5-7-16(14)19-3/h4-7,9-11H,8H2,1-3H3. The van der Waals surface area contributed by atoms with Crippen LogP contribution in [-0.4, -0.2) is 20.3 Å². The van der Waals surface area contributed by atoms with Crippen molar-refractivity contribution in [3.8, 4) is 28.4 Å². The molecule has 0 saturated carbocycles. The molecule has 3 rings (SSSR count). The van der Waals surface area contributed by atoms with Crippen molar-refractivity contribution in [3.05, 3.63) is 42.0 Å². The summed E-state index contributed by atoms with van der Waals surface area (Å²) in [5.41, 5.74) is 3.25. The van der Waals surface area contributed by atoms with E-state index in [9.17, 15) is 0 Å². The summed E-state index contributed by atoms with van der Waals surface area (Å²) in [5.74, 6) is 2.64. The maximum absolute atomic E-state index is 5.98. The second-order valence-electron chi connectivity index (χ2n) is 5.00. The van der Waals surface area contributed by atoms with Gasteiger partial charge in [-0.15, -0.1) is 0 Å². The first kappa shape index (κ1) is 12.9. The van der Waals surface area contributed by atoms with E-state index in [0.29, 0.717) is 0 Å². The second-order valence-corrected chi connectivity index (χ2v) is 5.00. The molecule has 0 N–H and O–H groups in total. The summed E-state index contributed by atoms with van der Waals surface area (Å²) >= 11 is 0. The minimum absolute atomic E-state index is 0.200. The van der Waals surface area contributed by atoms with Crippen molar-refractivity contribution in [2.45, 2.75) is 19.4 Å². The number of rotatable bonds is 3. The highest BCUT2D eigenvalue weighted by Crippen LogP contribution is 2.44. The molecule has 3 nitrogen and oxygen atoms in total. The van der Waals surface area contributed by atoms with Crippen molar-refractivity contribution in [2.24, 2.45) is 0 Å². The van der Waals surface area contributed by atoms with Crippen LogP contribution in [0.5, 0.6) is 17.2 Å². The molecule has 0 amide bonds. The normalized spacial score (nSPS) is 16.4. The first-order valence-corrected chi connectivity index (χ1v) is 6.74. The number of methoxy groups -OCH3 is 2. The summed E-state index contributed by atoms with van der Waals surface area (Å²) in [6, 6.07) is 12.0. The van der Waals surface area contributed by atoms with Crippen LogP contribution in [-0.2, 0) is 6.42 Å². The molecule has 0 fully saturated rings. The first-order chi connectivity index (χ1) is 9.72. The molecule has 2 aromatic rings. The van der Waals surface area contributed by atoms with Gasteiger partial charge < -0.3 is 14.2 Å². The van der Waals surface area contributed by atoms with Crippen molar-refractivity contribution in [2.75, 3.05) is 14.2 Å². The van der Waals surface area contributed by atoms with Gasteiger partial charge in [-0.25, -0.2) is 0 Å². The van der Waals surface area contributed by atoms with E-state index in [0.717, 1.165) is 34.8 Å². The van der Waals surface area contributed by atoms with Gasteiger partial charge in [-0.3, -0.25) is 0 Å². The van der Waals surface area contributed by atoms with Crippen LogP contribution in [0.1, 0.15) is 12.5 Å². The third-order valence-electron chi connectivity index (χ3n) is 3.60. The van der Waals surface area contributed by atoms with Crippen LogP contribution >= 0.6 is 0 Å². The Morgan fingerprint density at radius 2 is 1.85 bits per heavy atom. The Morgan fingerprint density at radius 1 is 1.05 bits per heavy atom. The lowest BCUT2D eigenvalue weighted by Gasteiger charge is -2.14. The first-order valence-electron chi connectivity index (χ1n) is 6.74. The molecule has 20 heavy (non-hydrogen) atoms. The van der Waals surface area contributed by atoms with E-state index in [-0.39, 0.29) is 6.10 Å². The van der Waals surface area contributed by atoms with Crippen LogP contribution in [0.25, 0.3) is 11.1 Å². The van der Waals surface area contributed by atoms with E-state index in [4.69, 9.17) is 14.2 Å². The highest BCUT2D eigenvalue weighted by molar-refractivity contribution is 5.79. The lowest BCUT2D eigenvalue weighted by atomic mass is 9.99. The van der Waals surface area contributed by atoms with E-state index < -0.39 is 0 Å². The number of benzene rings is 2. The van der Waals surface area contributed by atoms with Crippen molar-refractivity contribution in [1.82, 2.24) is 0 Å². The number of hydrogen-bond acceptors (Lipinski definition) is 3. The Kier molecular flexibility index (Phi) is 3.26. The minimum Gasteiger partial charge on any atom is -0.497 e. The summed E-state index contributed by atoms with van der Waals surface area (Å²) in [5, 5.41) is 0. The van der Waals surface area contributed by atoms with Crippen LogP contribution < -0.4 is 14.2 Å². The molecule has 0 aliphatic carbocycles. The third-order valence-corrected chi connectivity index (χ3v) is 3.60. The van der Waals surface area contributed by atoms with Gasteiger partial charge in [-0.05, 0) is 25.1 Å². The Morgan fingerprint density at radius 3 is 2.60 bits per heavy atom. The fraction of sp³-hybridized carbons (Fsp3) is 0.294.